The summed E-state index contributed by atoms with van der Waals surface area (Å²) in [7, 11) is -3.10. The summed E-state index contributed by atoms with van der Waals surface area (Å²) in [4.78, 5) is 0.379. The minimum absolute atomic E-state index is 0.379. The average molecular weight is 229 g/mol. The molecule has 0 heterocycles. The van der Waals surface area contributed by atoms with Crippen LogP contribution in [0.1, 0.15) is 25.0 Å². The second kappa shape index (κ2) is 5.88. The zero-order chi connectivity index (χ0) is 12.1. The maximum absolute atomic E-state index is 11.2. The Morgan fingerprint density at radius 1 is 1.27 bits per heavy atom. The van der Waals surface area contributed by atoms with E-state index in [1.54, 1.807) is 25.1 Å². The van der Waals surface area contributed by atoms with Crippen LogP contribution in [-0.2, 0) is 16.4 Å². The van der Waals surface area contributed by atoms with Gasteiger partial charge in [0.2, 0.25) is 0 Å². The van der Waals surface area contributed by atoms with E-state index in [4.69, 9.17) is 5.73 Å². The number of nitrogens with two attached hydrogens (primary N) is 1. The lowest BCUT2D eigenvalue weighted by Crippen LogP contribution is -2.02. The molecular weight excluding hydrogens is 210 g/mol. The molecule has 0 bridgehead atoms. The zero-order valence-electron chi connectivity index (χ0n) is 9.74. The van der Waals surface area contributed by atoms with Crippen LogP contribution >= 0.6 is 0 Å². The lowest BCUT2D eigenvalue weighted by Gasteiger charge is -2.04. The lowest BCUT2D eigenvalue weighted by atomic mass is 10.1. The molecule has 1 aromatic rings. The third-order valence-corrected chi connectivity index (χ3v) is 3.13. The van der Waals surface area contributed by atoms with E-state index in [0.29, 0.717) is 11.4 Å². The third-order valence-electron chi connectivity index (χ3n) is 1.87. The first-order valence-corrected chi connectivity index (χ1v) is 6.84. The molecule has 0 atom stereocenters. The van der Waals surface area contributed by atoms with Gasteiger partial charge in [-0.2, -0.15) is 0 Å². The number of hydrogen-bond donors (Lipinski definition) is 1. The first kappa shape index (κ1) is 14.1. The van der Waals surface area contributed by atoms with Gasteiger partial charge in [0, 0.05) is 12.8 Å². The van der Waals surface area contributed by atoms with Gasteiger partial charge in [-0.05, 0) is 24.1 Å². The van der Waals surface area contributed by atoms with Gasteiger partial charge in [-0.15, -0.1) is 0 Å². The van der Waals surface area contributed by atoms with Crippen molar-refractivity contribution in [2.75, 3.05) is 6.26 Å². The molecule has 0 spiro atoms. The molecule has 2 N–H and O–H groups in total. The summed E-state index contributed by atoms with van der Waals surface area (Å²) in [5.41, 5.74) is 7.13. The maximum Gasteiger partial charge on any atom is 0.175 e. The maximum atomic E-state index is 11.2. The molecule has 0 radical (unpaired) electrons. The Labute approximate surface area is 92.2 Å². The van der Waals surface area contributed by atoms with Crippen molar-refractivity contribution >= 4 is 9.84 Å². The van der Waals surface area contributed by atoms with Gasteiger partial charge in [0.1, 0.15) is 0 Å². The molecule has 0 amide bonds. The van der Waals surface area contributed by atoms with E-state index in [-0.39, 0.29) is 0 Å². The zero-order valence-corrected chi connectivity index (χ0v) is 10.6. The molecule has 0 saturated carbocycles. The van der Waals surface area contributed by atoms with E-state index < -0.39 is 9.84 Å². The fourth-order valence-corrected chi connectivity index (χ4v) is 2.21. The van der Waals surface area contributed by atoms with E-state index in [9.17, 15) is 8.42 Å². The fraction of sp³-hybridized carbons (Fsp3) is 0.455. The summed E-state index contributed by atoms with van der Waals surface area (Å²) in [5, 5.41) is 0. The van der Waals surface area contributed by atoms with Crippen molar-refractivity contribution in [1.82, 2.24) is 0 Å². The number of rotatable bonds is 2. The lowest BCUT2D eigenvalue weighted by molar-refractivity contribution is 0.601. The second-order valence-corrected chi connectivity index (χ2v) is 5.06. The monoisotopic (exact) mass is 229 g/mol. The molecule has 15 heavy (non-hydrogen) atoms. The normalized spacial score (nSPS) is 10.5. The Kier molecular flexibility index (Phi) is 5.54. The van der Waals surface area contributed by atoms with Gasteiger partial charge in [-0.3, -0.25) is 0 Å². The number of hydrogen-bond acceptors (Lipinski definition) is 3. The molecule has 1 rings (SSSR count). The van der Waals surface area contributed by atoms with Crippen LogP contribution in [0.2, 0.25) is 0 Å². The van der Waals surface area contributed by atoms with Crippen LogP contribution < -0.4 is 5.73 Å². The van der Waals surface area contributed by atoms with Gasteiger partial charge in [0.25, 0.3) is 0 Å². The molecule has 1 aromatic carbocycles. The molecule has 0 unspecified atom stereocenters. The molecular formula is C11H19NO2S. The molecule has 0 aliphatic heterocycles. The minimum Gasteiger partial charge on any atom is -0.326 e. The molecule has 0 saturated heterocycles. The number of sulfone groups is 1. The van der Waals surface area contributed by atoms with Gasteiger partial charge in [-0.1, -0.05) is 26.0 Å². The topological polar surface area (TPSA) is 60.2 Å². The minimum atomic E-state index is -3.10. The highest BCUT2D eigenvalue weighted by molar-refractivity contribution is 7.90. The number of benzene rings is 1. The van der Waals surface area contributed by atoms with Crippen LogP contribution in [0.4, 0.5) is 0 Å². The van der Waals surface area contributed by atoms with Gasteiger partial charge in [-0.25, -0.2) is 8.42 Å². The van der Waals surface area contributed by atoms with Crippen LogP contribution in [-0.4, -0.2) is 14.7 Å². The molecule has 0 aliphatic rings. The van der Waals surface area contributed by atoms with Gasteiger partial charge in [0.05, 0.1) is 4.90 Å². The molecule has 0 fully saturated rings. The molecule has 0 aromatic heterocycles. The highest BCUT2D eigenvalue weighted by atomic mass is 32.2. The predicted octanol–water partition coefficient (Wildman–Crippen LogP) is 1.88. The summed E-state index contributed by atoms with van der Waals surface area (Å²) in [5.74, 6) is 0. The Balaban J connectivity index is 0.000000921. The van der Waals surface area contributed by atoms with E-state index >= 15 is 0 Å². The SMILES string of the molecule is CC.Cc1cc(CN)ccc1S(C)(=O)=O. The highest BCUT2D eigenvalue weighted by Crippen LogP contribution is 2.15. The van der Waals surface area contributed by atoms with Crippen molar-refractivity contribution in [3.8, 4) is 0 Å². The summed E-state index contributed by atoms with van der Waals surface area (Å²) in [6, 6.07) is 5.15. The van der Waals surface area contributed by atoms with Crippen molar-refractivity contribution in [3.05, 3.63) is 29.3 Å². The van der Waals surface area contributed by atoms with Gasteiger partial charge >= 0.3 is 0 Å². The molecule has 0 aliphatic carbocycles. The first-order valence-electron chi connectivity index (χ1n) is 4.95. The van der Waals surface area contributed by atoms with Crippen LogP contribution in [0.3, 0.4) is 0 Å². The average Bonchev–Trinajstić information content (AvgIpc) is 2.18. The second-order valence-electron chi connectivity index (χ2n) is 3.08. The van der Waals surface area contributed by atoms with Crippen molar-refractivity contribution < 1.29 is 8.42 Å². The van der Waals surface area contributed by atoms with E-state index in [1.807, 2.05) is 13.8 Å². The number of aryl methyl sites for hydroxylation is 1. The fourth-order valence-electron chi connectivity index (χ4n) is 1.25. The van der Waals surface area contributed by atoms with Crippen molar-refractivity contribution in [3.63, 3.8) is 0 Å². The standard InChI is InChI=1S/C9H13NO2S.C2H6/c1-7-5-8(6-10)3-4-9(7)13(2,11)12;1-2/h3-5H,6,10H2,1-2H3;1-2H3. The molecule has 3 nitrogen and oxygen atoms in total. The van der Waals surface area contributed by atoms with E-state index in [1.165, 1.54) is 6.26 Å². The smallest absolute Gasteiger partial charge is 0.175 e. The van der Waals surface area contributed by atoms with Crippen LogP contribution in [0, 0.1) is 6.92 Å². The summed E-state index contributed by atoms with van der Waals surface area (Å²) >= 11 is 0. The summed E-state index contributed by atoms with van der Waals surface area (Å²) < 4.78 is 22.4. The van der Waals surface area contributed by atoms with Crippen molar-refractivity contribution in [1.29, 1.82) is 0 Å². The van der Waals surface area contributed by atoms with E-state index in [0.717, 1.165) is 11.1 Å². The molecule has 4 heteroatoms. The van der Waals surface area contributed by atoms with Crippen LogP contribution in [0.5, 0.6) is 0 Å². The van der Waals surface area contributed by atoms with Crippen LogP contribution in [0.25, 0.3) is 0 Å². The Bertz CT molecular complexity index is 411. The van der Waals surface area contributed by atoms with Crippen molar-refractivity contribution in [2.45, 2.75) is 32.2 Å². The Hall–Kier alpha value is -0.870. The Morgan fingerprint density at radius 2 is 1.80 bits per heavy atom. The van der Waals surface area contributed by atoms with Crippen molar-refractivity contribution in [2.24, 2.45) is 5.73 Å². The first-order chi connectivity index (χ1) is 6.95. The predicted molar refractivity (Wildman–Crippen MR) is 63.5 cm³/mol. The Morgan fingerprint density at radius 3 is 2.13 bits per heavy atom. The van der Waals surface area contributed by atoms with E-state index in [2.05, 4.69) is 0 Å². The van der Waals surface area contributed by atoms with Gasteiger partial charge < -0.3 is 5.73 Å². The molecule has 86 valence electrons. The van der Waals surface area contributed by atoms with Gasteiger partial charge in [0.15, 0.2) is 9.84 Å². The summed E-state index contributed by atoms with van der Waals surface area (Å²) in [6.45, 7) is 6.21. The van der Waals surface area contributed by atoms with Crippen LogP contribution in [0.15, 0.2) is 23.1 Å². The summed E-state index contributed by atoms with van der Waals surface area (Å²) in [6.07, 6.45) is 1.21. The third kappa shape index (κ3) is 4.01. The highest BCUT2D eigenvalue weighted by Gasteiger charge is 2.09. The quantitative estimate of drug-likeness (QED) is 0.842. The largest absolute Gasteiger partial charge is 0.326 e.